The summed E-state index contributed by atoms with van der Waals surface area (Å²) in [5.41, 5.74) is 0. The van der Waals surface area contributed by atoms with E-state index >= 15 is 0 Å². The first-order valence-electron chi connectivity index (χ1n) is 3.58. The second-order valence-corrected chi connectivity index (χ2v) is 3.74. The molecule has 0 spiro atoms. The smallest absolute Gasteiger partial charge is 0.290 e. The van der Waals surface area contributed by atoms with E-state index in [1.807, 2.05) is 0 Å². The Labute approximate surface area is 99.4 Å². The molecule has 0 fully saturated rings. The van der Waals surface area contributed by atoms with Gasteiger partial charge in [0.05, 0.1) is 0 Å². The molecule has 0 rings (SSSR count). The molecule has 0 bridgehead atoms. The number of carboxylic acid groups (broad SMARTS) is 1. The van der Waals surface area contributed by atoms with Gasteiger partial charge in [-0.15, -0.1) is 0 Å². The van der Waals surface area contributed by atoms with Crippen LogP contribution >= 0.6 is 34.8 Å². The highest BCUT2D eigenvalue weighted by molar-refractivity contribution is 6.63. The zero-order valence-electron chi connectivity index (χ0n) is 8.32. The van der Waals surface area contributed by atoms with Crippen molar-refractivity contribution in [2.45, 2.75) is 31.2 Å². The van der Waals surface area contributed by atoms with Crippen LogP contribution in [0.15, 0.2) is 0 Å². The van der Waals surface area contributed by atoms with Gasteiger partial charge >= 0.3 is 0 Å². The van der Waals surface area contributed by atoms with E-state index in [2.05, 4.69) is 0 Å². The average Bonchev–Trinajstić information content (AvgIpc) is 1.85. The zero-order valence-corrected chi connectivity index (χ0v) is 10.6. The number of hydrogen-bond donors (Lipinski definition) is 3. The summed E-state index contributed by atoms with van der Waals surface area (Å²) < 4.78 is -0.750. The summed E-state index contributed by atoms with van der Waals surface area (Å²) in [5, 5.41) is 22.5. The van der Waals surface area contributed by atoms with Crippen LogP contribution in [0.3, 0.4) is 0 Å². The summed E-state index contributed by atoms with van der Waals surface area (Å²) in [6, 6.07) is 0. The lowest BCUT2D eigenvalue weighted by molar-refractivity contribution is -0.122. The van der Waals surface area contributed by atoms with Crippen LogP contribution in [-0.4, -0.2) is 38.8 Å². The van der Waals surface area contributed by atoms with Crippen LogP contribution in [0.5, 0.6) is 0 Å². The number of rotatable bonds is 0. The summed E-state index contributed by atoms with van der Waals surface area (Å²) in [4.78, 5) is 8.36. The molecule has 0 aromatic carbocycles. The molecule has 0 heterocycles. The molecule has 3 N–H and O–H groups in total. The zero-order chi connectivity index (χ0) is 12.6. The number of carbonyl (C=O) groups is 1. The second kappa shape index (κ2) is 29.2. The fraction of sp³-hybridized carbons (Fsp3) is 0.857. The molecule has 0 unspecified atom stereocenters. The van der Waals surface area contributed by atoms with Crippen LogP contribution in [0.2, 0.25) is 0 Å². The quantitative estimate of drug-likeness (QED) is 0.465. The first-order valence-corrected chi connectivity index (χ1v) is 4.89. The molecule has 7 heteroatoms. The maximum atomic E-state index is 8.36. The van der Waals surface area contributed by atoms with E-state index in [4.69, 9.17) is 54.9 Å². The third kappa shape index (κ3) is 23000. The van der Waals surface area contributed by atoms with Crippen molar-refractivity contribution in [3.63, 3.8) is 0 Å². The van der Waals surface area contributed by atoms with Gasteiger partial charge < -0.3 is 15.3 Å². The highest BCUT2D eigenvalue weighted by atomic mass is 35.6. The number of aliphatic hydroxyl groups excluding tert-OH is 2. The van der Waals surface area contributed by atoms with Gasteiger partial charge in [-0.1, -0.05) is 34.8 Å². The van der Waals surface area contributed by atoms with Crippen LogP contribution in [-0.2, 0) is 4.79 Å². The van der Waals surface area contributed by atoms with Crippen molar-refractivity contribution in [1.29, 1.82) is 0 Å². The van der Waals surface area contributed by atoms with E-state index < -0.39 is 4.30 Å². The molecule has 0 saturated heterocycles. The highest BCUT2D eigenvalue weighted by Crippen LogP contribution is 2.03. The van der Waals surface area contributed by atoms with Crippen molar-refractivity contribution in [3.8, 4) is 0 Å². The number of alkyl halides is 3. The predicted octanol–water partition coefficient (Wildman–Crippen LogP) is 2.07. The lowest BCUT2D eigenvalue weighted by Gasteiger charge is -1.80. The Kier molecular flexibility index (Phi) is 49.7. The van der Waals surface area contributed by atoms with Crippen LogP contribution in [0.25, 0.3) is 0 Å². The lowest BCUT2D eigenvalue weighted by atomic mass is 10.5. The molecule has 0 saturated carbocycles. The van der Waals surface area contributed by atoms with E-state index in [0.29, 0.717) is 0 Å². The van der Waals surface area contributed by atoms with Crippen molar-refractivity contribution in [3.05, 3.63) is 0 Å². The van der Waals surface area contributed by atoms with Crippen LogP contribution in [0.4, 0.5) is 0 Å². The Morgan fingerprint density at radius 3 is 1.29 bits per heavy atom. The van der Waals surface area contributed by atoms with Crippen molar-refractivity contribution < 1.29 is 20.1 Å². The average molecular weight is 272 g/mol. The minimum absolute atomic E-state index is 0.167. The molecule has 4 nitrogen and oxygen atoms in total. The minimum Gasteiger partial charge on any atom is -0.483 e. The van der Waals surface area contributed by atoms with Gasteiger partial charge in [0.1, 0.15) is 0 Å². The topological polar surface area (TPSA) is 77.8 Å². The largest absolute Gasteiger partial charge is 0.483 e. The van der Waals surface area contributed by atoms with Gasteiger partial charge in [0.15, 0.2) is 4.30 Å². The molecule has 14 heavy (non-hydrogen) atoms. The molecular formula is C7H17Cl3O4. The lowest BCUT2D eigenvalue weighted by Crippen LogP contribution is -1.85. The molecule has 0 amide bonds. The Hall–Kier alpha value is 0.260. The minimum atomic E-state index is -0.750. The third-order valence-corrected chi connectivity index (χ3v) is 0. The predicted molar refractivity (Wildman–Crippen MR) is 60.2 cm³/mol. The fourth-order valence-corrected chi connectivity index (χ4v) is 0. The molecule has 0 aromatic heterocycles. The number of halogens is 3. The summed E-state index contributed by atoms with van der Waals surface area (Å²) in [6.07, 6.45) is -0.167. The summed E-state index contributed by atoms with van der Waals surface area (Å²) >= 11 is 14.4. The van der Waals surface area contributed by atoms with Gasteiger partial charge in [0, 0.05) is 12.7 Å². The molecule has 90 valence electrons. The Morgan fingerprint density at radius 2 is 1.29 bits per heavy atom. The van der Waals surface area contributed by atoms with Crippen molar-refractivity contribution in [1.82, 2.24) is 0 Å². The molecule has 0 radical (unpaired) electrons. The molecule has 0 aliphatic carbocycles. The van der Waals surface area contributed by atoms with Crippen molar-refractivity contribution >= 4 is 41.3 Å². The molecule has 0 aliphatic heterocycles. The Balaban J connectivity index is -0.0000000482. The van der Waals surface area contributed by atoms with E-state index in [0.717, 1.165) is 0 Å². The molecule has 0 aliphatic rings. The SMILES string of the molecule is CC(C)O.CCO.ClC(Cl)Cl.O=CO. The first-order chi connectivity index (χ1) is 6.29. The van der Waals surface area contributed by atoms with Gasteiger partial charge in [0.25, 0.3) is 6.47 Å². The number of hydrogen-bond acceptors (Lipinski definition) is 3. The molecular weight excluding hydrogens is 254 g/mol. The van der Waals surface area contributed by atoms with E-state index in [1.54, 1.807) is 20.8 Å². The maximum absolute atomic E-state index is 8.36. The second-order valence-electron chi connectivity index (χ2n) is 1.76. The standard InChI is InChI=1S/C3H8O.C2H6O.CHCl3.CH2O2/c1-3(2)4;1-2-3;2-1(3)4;2-1-3/h3-4H,1-2H3;3H,2H2,1H3;1H;1H,(H,2,3). The van der Waals surface area contributed by atoms with Crippen molar-refractivity contribution in [2.75, 3.05) is 6.61 Å². The van der Waals surface area contributed by atoms with Gasteiger partial charge in [0.2, 0.25) is 0 Å². The van der Waals surface area contributed by atoms with E-state index in [-0.39, 0.29) is 19.2 Å². The molecule has 0 atom stereocenters. The molecule has 0 aromatic rings. The van der Waals surface area contributed by atoms with E-state index in [1.165, 1.54) is 0 Å². The van der Waals surface area contributed by atoms with Gasteiger partial charge in [-0.3, -0.25) is 4.79 Å². The number of aliphatic hydroxyl groups is 2. The first kappa shape index (κ1) is 23.8. The van der Waals surface area contributed by atoms with Gasteiger partial charge in [-0.05, 0) is 20.8 Å². The Bertz CT molecular complexity index is 69.8. The normalized spacial score (nSPS) is 7.29. The Morgan fingerprint density at radius 1 is 1.29 bits per heavy atom. The summed E-state index contributed by atoms with van der Waals surface area (Å²) in [5.74, 6) is 0. The monoisotopic (exact) mass is 270 g/mol. The summed E-state index contributed by atoms with van der Waals surface area (Å²) in [7, 11) is 0. The van der Waals surface area contributed by atoms with Crippen LogP contribution in [0, 0.1) is 0 Å². The fourth-order valence-electron chi connectivity index (χ4n) is 0. The van der Waals surface area contributed by atoms with Crippen molar-refractivity contribution in [2.24, 2.45) is 0 Å². The van der Waals surface area contributed by atoms with Gasteiger partial charge in [-0.25, -0.2) is 0 Å². The summed E-state index contributed by atoms with van der Waals surface area (Å²) in [6.45, 7) is 5.12. The van der Waals surface area contributed by atoms with Crippen LogP contribution in [0.1, 0.15) is 20.8 Å². The van der Waals surface area contributed by atoms with E-state index in [9.17, 15) is 0 Å². The van der Waals surface area contributed by atoms with Crippen LogP contribution < -0.4 is 0 Å². The van der Waals surface area contributed by atoms with Gasteiger partial charge in [-0.2, -0.15) is 0 Å². The third-order valence-electron chi connectivity index (χ3n) is 0. The maximum Gasteiger partial charge on any atom is 0.290 e. The highest BCUT2D eigenvalue weighted by Gasteiger charge is 1.78.